The molecule has 0 unspecified atom stereocenters. The quantitative estimate of drug-likeness (QED) is 0.895. The molecular weight excluding hydrogens is 276 g/mol. The van der Waals surface area contributed by atoms with Crippen LogP contribution in [0.15, 0.2) is 22.7 Å². The maximum atomic E-state index is 11.1. The molecule has 0 aromatic heterocycles. The minimum absolute atomic E-state index is 0.00164. The zero-order valence-corrected chi connectivity index (χ0v) is 10.4. The van der Waals surface area contributed by atoms with Gasteiger partial charge in [-0.15, -0.1) is 0 Å². The fourth-order valence-electron chi connectivity index (χ4n) is 1.35. The summed E-state index contributed by atoms with van der Waals surface area (Å²) in [5, 5.41) is 18.1. The molecule has 2 N–H and O–H groups in total. The Morgan fingerprint density at radius 3 is 2.25 bits per heavy atom. The predicted octanol–water partition coefficient (Wildman–Crippen LogP) is 2.51. The van der Waals surface area contributed by atoms with E-state index in [4.69, 9.17) is 10.2 Å². The first-order chi connectivity index (χ1) is 7.26. The molecule has 0 atom stereocenters. The van der Waals surface area contributed by atoms with Crippen LogP contribution in [0, 0.1) is 0 Å². The van der Waals surface area contributed by atoms with Crippen molar-refractivity contribution in [1.29, 1.82) is 0 Å². The van der Waals surface area contributed by atoms with Crippen molar-refractivity contribution >= 4 is 27.9 Å². The highest BCUT2D eigenvalue weighted by Crippen LogP contribution is 2.29. The van der Waals surface area contributed by atoms with E-state index in [0.717, 1.165) is 0 Å². The third-order valence-electron chi connectivity index (χ3n) is 2.42. The molecule has 1 aromatic rings. The summed E-state index contributed by atoms with van der Waals surface area (Å²) in [6.07, 6.45) is 0. The Kier molecular flexibility index (Phi) is 3.38. The smallest absolute Gasteiger partial charge is 0.336 e. The highest BCUT2D eigenvalue weighted by Gasteiger charge is 2.33. The van der Waals surface area contributed by atoms with Crippen molar-refractivity contribution in [3.8, 4) is 0 Å². The van der Waals surface area contributed by atoms with E-state index in [1.807, 2.05) is 0 Å². The van der Waals surface area contributed by atoms with E-state index >= 15 is 0 Å². The highest BCUT2D eigenvalue weighted by atomic mass is 79.9. The monoisotopic (exact) mass is 286 g/mol. The van der Waals surface area contributed by atoms with Gasteiger partial charge in [0.25, 0.3) is 0 Å². The van der Waals surface area contributed by atoms with Gasteiger partial charge in [0.15, 0.2) is 0 Å². The molecule has 1 aromatic carbocycles. The number of aromatic carboxylic acids is 1. The van der Waals surface area contributed by atoms with Crippen molar-refractivity contribution in [2.45, 2.75) is 19.3 Å². The molecule has 0 heterocycles. The van der Waals surface area contributed by atoms with Crippen LogP contribution in [0.1, 0.15) is 29.8 Å². The topological polar surface area (TPSA) is 74.6 Å². The Bertz CT molecular complexity index is 451. The number of hydrogen-bond acceptors (Lipinski definition) is 2. The Hall–Kier alpha value is -1.36. The lowest BCUT2D eigenvalue weighted by Gasteiger charge is -2.21. The normalized spacial score (nSPS) is 11.2. The van der Waals surface area contributed by atoms with Crippen LogP contribution in [0.25, 0.3) is 0 Å². The van der Waals surface area contributed by atoms with Gasteiger partial charge in [0.05, 0.1) is 11.0 Å². The third kappa shape index (κ3) is 2.24. The molecular formula is C11H11BrO4. The van der Waals surface area contributed by atoms with Crippen LogP contribution in [-0.2, 0) is 10.2 Å². The fraction of sp³-hybridized carbons (Fsp3) is 0.273. The maximum Gasteiger partial charge on any atom is 0.336 e. The molecule has 16 heavy (non-hydrogen) atoms. The van der Waals surface area contributed by atoms with Crippen LogP contribution in [0.3, 0.4) is 0 Å². The van der Waals surface area contributed by atoms with Crippen LogP contribution in [0.4, 0.5) is 0 Å². The molecule has 0 radical (unpaired) electrons. The predicted molar refractivity (Wildman–Crippen MR) is 61.8 cm³/mol. The number of hydrogen-bond donors (Lipinski definition) is 2. The van der Waals surface area contributed by atoms with E-state index in [1.165, 1.54) is 26.0 Å². The highest BCUT2D eigenvalue weighted by molar-refractivity contribution is 9.10. The largest absolute Gasteiger partial charge is 0.481 e. The average molecular weight is 287 g/mol. The third-order valence-corrected chi connectivity index (χ3v) is 2.91. The van der Waals surface area contributed by atoms with E-state index < -0.39 is 17.4 Å². The lowest BCUT2D eigenvalue weighted by atomic mass is 9.82. The summed E-state index contributed by atoms with van der Waals surface area (Å²) in [6, 6.07) is 4.55. The number of benzene rings is 1. The summed E-state index contributed by atoms with van der Waals surface area (Å²) < 4.78 is 0.606. The molecule has 5 heteroatoms. The minimum Gasteiger partial charge on any atom is -0.481 e. The van der Waals surface area contributed by atoms with Gasteiger partial charge < -0.3 is 10.2 Å². The zero-order chi connectivity index (χ0) is 12.5. The summed E-state index contributed by atoms with van der Waals surface area (Å²) in [5.74, 6) is -2.19. The molecule has 86 valence electrons. The van der Waals surface area contributed by atoms with E-state index in [1.54, 1.807) is 6.07 Å². The van der Waals surface area contributed by atoms with Gasteiger partial charge in [-0.3, -0.25) is 4.79 Å². The lowest BCUT2D eigenvalue weighted by molar-refractivity contribution is -0.142. The van der Waals surface area contributed by atoms with E-state index in [2.05, 4.69) is 15.9 Å². The summed E-state index contributed by atoms with van der Waals surface area (Å²) in [5.41, 5.74) is -0.938. The molecule has 0 saturated heterocycles. The van der Waals surface area contributed by atoms with Gasteiger partial charge >= 0.3 is 11.9 Å². The lowest BCUT2D eigenvalue weighted by Crippen LogP contribution is -2.30. The molecule has 1 rings (SSSR count). The van der Waals surface area contributed by atoms with Crippen molar-refractivity contribution in [3.63, 3.8) is 0 Å². The van der Waals surface area contributed by atoms with Crippen LogP contribution in [0.2, 0.25) is 0 Å². The first-order valence-electron chi connectivity index (χ1n) is 4.53. The van der Waals surface area contributed by atoms with Gasteiger partial charge in [-0.05, 0) is 31.5 Å². The van der Waals surface area contributed by atoms with Crippen LogP contribution in [0.5, 0.6) is 0 Å². The Balaban J connectivity index is 3.45. The Morgan fingerprint density at radius 2 is 1.81 bits per heavy atom. The molecule has 0 amide bonds. The van der Waals surface area contributed by atoms with Crippen molar-refractivity contribution in [1.82, 2.24) is 0 Å². The Morgan fingerprint density at radius 1 is 1.25 bits per heavy atom. The zero-order valence-electron chi connectivity index (χ0n) is 8.82. The fourth-order valence-corrected chi connectivity index (χ4v) is 1.71. The number of carboxylic acid groups (broad SMARTS) is 2. The summed E-state index contributed by atoms with van der Waals surface area (Å²) in [7, 11) is 0. The van der Waals surface area contributed by atoms with E-state index in [0.29, 0.717) is 4.47 Å². The molecule has 0 fully saturated rings. The number of carbonyl (C=O) groups is 2. The van der Waals surface area contributed by atoms with Gasteiger partial charge in [-0.25, -0.2) is 4.79 Å². The molecule has 4 nitrogen and oxygen atoms in total. The van der Waals surface area contributed by atoms with Crippen molar-refractivity contribution in [2.24, 2.45) is 0 Å². The van der Waals surface area contributed by atoms with Crippen molar-refractivity contribution in [2.75, 3.05) is 0 Å². The summed E-state index contributed by atoms with van der Waals surface area (Å²) in [4.78, 5) is 22.1. The van der Waals surface area contributed by atoms with Crippen LogP contribution in [-0.4, -0.2) is 22.2 Å². The van der Waals surface area contributed by atoms with Crippen molar-refractivity contribution in [3.05, 3.63) is 33.8 Å². The maximum absolute atomic E-state index is 11.1. The number of aliphatic carboxylic acids is 1. The van der Waals surface area contributed by atoms with Gasteiger partial charge in [0.2, 0.25) is 0 Å². The summed E-state index contributed by atoms with van der Waals surface area (Å²) in [6.45, 7) is 2.95. The van der Waals surface area contributed by atoms with Crippen LogP contribution < -0.4 is 0 Å². The molecule has 0 saturated carbocycles. The molecule has 0 aliphatic carbocycles. The SMILES string of the molecule is CC(C)(C(=O)O)c1ccc(Br)cc1C(=O)O. The van der Waals surface area contributed by atoms with Gasteiger partial charge in [0, 0.05) is 4.47 Å². The Labute approximate surface area is 101 Å². The molecule has 0 aliphatic rings. The molecule has 0 aliphatic heterocycles. The summed E-state index contributed by atoms with van der Waals surface area (Å²) >= 11 is 3.16. The first-order valence-corrected chi connectivity index (χ1v) is 5.33. The number of halogens is 1. The van der Waals surface area contributed by atoms with Gasteiger partial charge in [0.1, 0.15) is 0 Å². The first kappa shape index (κ1) is 12.7. The molecule has 0 spiro atoms. The number of carboxylic acids is 2. The second-order valence-electron chi connectivity index (χ2n) is 3.93. The van der Waals surface area contributed by atoms with E-state index in [-0.39, 0.29) is 11.1 Å². The standard InChI is InChI=1S/C11H11BrO4/c1-11(2,10(15)16)8-4-3-6(12)5-7(8)9(13)14/h3-5H,1-2H3,(H,13,14)(H,15,16). The van der Waals surface area contributed by atoms with Gasteiger partial charge in [-0.1, -0.05) is 22.0 Å². The average Bonchev–Trinajstić information content (AvgIpc) is 2.16. The van der Waals surface area contributed by atoms with Gasteiger partial charge in [-0.2, -0.15) is 0 Å². The van der Waals surface area contributed by atoms with E-state index in [9.17, 15) is 9.59 Å². The number of rotatable bonds is 3. The molecule has 0 bridgehead atoms. The van der Waals surface area contributed by atoms with Crippen LogP contribution >= 0.6 is 15.9 Å². The minimum atomic E-state index is -1.23. The second-order valence-corrected chi connectivity index (χ2v) is 4.84. The van der Waals surface area contributed by atoms with Crippen molar-refractivity contribution < 1.29 is 19.8 Å². The second kappa shape index (κ2) is 4.25.